The number of hydrogen-bond donors (Lipinski definition) is 4. The molecule has 0 rings (SSSR count). The quantitative estimate of drug-likeness (QED) is 0.106. The number of aliphatic carboxylic acids is 1. The Morgan fingerprint density at radius 1 is 0.742 bits per heavy atom. The van der Waals surface area contributed by atoms with E-state index in [1.54, 1.807) is 0 Å². The Hall–Kier alpha value is -1.01. The van der Waals surface area contributed by atoms with Gasteiger partial charge in [0.15, 0.2) is 0 Å². The maximum atomic E-state index is 11.8. The van der Waals surface area contributed by atoms with Crippen molar-refractivity contribution in [3.63, 3.8) is 0 Å². The zero-order chi connectivity index (χ0) is 23.2. The van der Waals surface area contributed by atoms with E-state index in [2.05, 4.69) is 24.5 Å². The summed E-state index contributed by atoms with van der Waals surface area (Å²) in [5.41, 5.74) is 5.86. The zero-order valence-corrected chi connectivity index (χ0v) is 20.6. The number of thiol groups is 1. The third kappa shape index (κ3) is 23.5. The van der Waals surface area contributed by atoms with Crippen LogP contribution in [0.2, 0.25) is 0 Å². The molecule has 5 nitrogen and oxygen atoms in total. The second-order valence-corrected chi connectivity index (χ2v) is 9.36. The van der Waals surface area contributed by atoms with Crippen LogP contribution in [0.4, 0.5) is 0 Å². The monoisotopic (exact) mass is 456 g/mol. The minimum Gasteiger partial charge on any atom is -0.481 e. The van der Waals surface area contributed by atoms with Gasteiger partial charge in [-0.3, -0.25) is 9.59 Å². The van der Waals surface area contributed by atoms with Crippen molar-refractivity contribution < 1.29 is 14.7 Å². The fourth-order valence-electron chi connectivity index (χ4n) is 3.66. The van der Waals surface area contributed by atoms with E-state index >= 15 is 0 Å². The SMILES string of the molecule is C=C(S)[C@@H](N)CCCCNC(=O)CCCCCCCCCCCCCCCCC(=O)O. The molecule has 1 amide bonds. The number of unbranched alkanes of at least 4 members (excludes halogenated alkanes) is 14. The van der Waals surface area contributed by atoms with E-state index in [4.69, 9.17) is 10.8 Å². The van der Waals surface area contributed by atoms with Crippen molar-refractivity contribution in [1.29, 1.82) is 0 Å². The highest BCUT2D eigenvalue weighted by molar-refractivity contribution is 7.84. The number of carbonyl (C=O) groups is 2. The fourth-order valence-corrected chi connectivity index (χ4v) is 3.78. The van der Waals surface area contributed by atoms with Crippen molar-refractivity contribution in [2.24, 2.45) is 5.73 Å². The first-order valence-corrected chi connectivity index (χ1v) is 13.0. The first-order chi connectivity index (χ1) is 14.9. The smallest absolute Gasteiger partial charge is 0.303 e. The molecule has 0 unspecified atom stereocenters. The van der Waals surface area contributed by atoms with E-state index in [0.717, 1.165) is 56.4 Å². The van der Waals surface area contributed by atoms with Gasteiger partial charge in [0.1, 0.15) is 0 Å². The zero-order valence-electron chi connectivity index (χ0n) is 19.7. The van der Waals surface area contributed by atoms with E-state index in [9.17, 15) is 9.59 Å². The molecule has 0 aromatic rings. The number of amides is 1. The molecule has 0 aromatic carbocycles. The van der Waals surface area contributed by atoms with E-state index in [1.165, 1.54) is 64.2 Å². The van der Waals surface area contributed by atoms with Crippen LogP contribution in [0.3, 0.4) is 0 Å². The topological polar surface area (TPSA) is 92.4 Å². The fraction of sp³-hybridized carbons (Fsp3) is 0.840. The number of carboxylic acid groups (broad SMARTS) is 1. The molecule has 0 heterocycles. The van der Waals surface area contributed by atoms with Crippen LogP contribution < -0.4 is 11.1 Å². The Balaban J connectivity index is 3.21. The lowest BCUT2D eigenvalue weighted by molar-refractivity contribution is -0.137. The Morgan fingerprint density at radius 3 is 1.58 bits per heavy atom. The van der Waals surface area contributed by atoms with Gasteiger partial charge in [0.05, 0.1) is 0 Å². The highest BCUT2D eigenvalue weighted by Gasteiger charge is 2.04. The second-order valence-electron chi connectivity index (χ2n) is 8.79. The molecule has 0 aliphatic carbocycles. The summed E-state index contributed by atoms with van der Waals surface area (Å²) in [7, 11) is 0. The van der Waals surface area contributed by atoms with E-state index in [-0.39, 0.29) is 11.9 Å². The molecule has 4 N–H and O–H groups in total. The van der Waals surface area contributed by atoms with Gasteiger partial charge in [-0.1, -0.05) is 83.6 Å². The molecular weight excluding hydrogens is 408 g/mol. The van der Waals surface area contributed by atoms with Gasteiger partial charge in [0.25, 0.3) is 0 Å². The van der Waals surface area contributed by atoms with Crippen LogP contribution >= 0.6 is 12.6 Å². The first kappa shape index (κ1) is 30.0. The minimum atomic E-state index is -0.675. The first-order valence-electron chi connectivity index (χ1n) is 12.5. The second kappa shape index (κ2) is 22.2. The summed E-state index contributed by atoms with van der Waals surface area (Å²) in [5.74, 6) is -0.504. The third-order valence-electron chi connectivity index (χ3n) is 5.74. The molecule has 0 saturated heterocycles. The van der Waals surface area contributed by atoms with Gasteiger partial charge in [-0.25, -0.2) is 0 Å². The molecule has 31 heavy (non-hydrogen) atoms. The lowest BCUT2D eigenvalue weighted by Crippen LogP contribution is -2.25. The van der Waals surface area contributed by atoms with Crippen LogP contribution in [-0.2, 0) is 9.59 Å². The van der Waals surface area contributed by atoms with Crippen LogP contribution in [0.1, 0.15) is 122 Å². The average Bonchev–Trinajstić information content (AvgIpc) is 2.72. The molecular formula is C25H48N2O3S. The molecule has 0 saturated carbocycles. The van der Waals surface area contributed by atoms with Crippen molar-refractivity contribution >= 4 is 24.5 Å². The summed E-state index contributed by atoms with van der Waals surface area (Å²) < 4.78 is 0. The van der Waals surface area contributed by atoms with E-state index < -0.39 is 5.97 Å². The lowest BCUT2D eigenvalue weighted by Gasteiger charge is -2.10. The summed E-state index contributed by atoms with van der Waals surface area (Å²) in [6, 6.07) is -0.0490. The summed E-state index contributed by atoms with van der Waals surface area (Å²) in [5, 5.41) is 11.6. The molecule has 1 atom stereocenters. The van der Waals surface area contributed by atoms with Crippen molar-refractivity contribution in [1.82, 2.24) is 5.32 Å². The molecule has 0 aliphatic rings. The maximum absolute atomic E-state index is 11.8. The lowest BCUT2D eigenvalue weighted by atomic mass is 10.0. The summed E-state index contributed by atoms with van der Waals surface area (Å²) in [4.78, 5) is 23.0. The van der Waals surface area contributed by atoms with Crippen molar-refractivity contribution in [2.45, 2.75) is 128 Å². The highest BCUT2D eigenvalue weighted by Crippen LogP contribution is 2.14. The number of hydrogen-bond acceptors (Lipinski definition) is 4. The molecule has 0 aromatic heterocycles. The van der Waals surface area contributed by atoms with Gasteiger partial charge in [-0.2, -0.15) is 0 Å². The Kier molecular flexibility index (Phi) is 21.5. The van der Waals surface area contributed by atoms with Gasteiger partial charge in [-0.15, -0.1) is 12.6 Å². The molecule has 0 fully saturated rings. The minimum absolute atomic E-state index is 0.0490. The Labute approximate surface area is 196 Å². The number of nitrogens with two attached hydrogens (primary N) is 1. The molecule has 0 bridgehead atoms. The van der Waals surface area contributed by atoms with Crippen LogP contribution in [0.15, 0.2) is 11.5 Å². The standard InChI is InChI=1S/C25H48N2O3S/c1-22(31)23(26)18-16-17-21-27-24(28)19-14-12-10-8-6-4-2-3-5-7-9-11-13-15-20-25(29)30/h23,31H,1-21,26H2,(H,27,28)(H,29,30)/t23-/m0/s1. The van der Waals surface area contributed by atoms with Crippen molar-refractivity contribution in [3.8, 4) is 0 Å². The number of rotatable bonds is 23. The predicted molar refractivity (Wildman–Crippen MR) is 134 cm³/mol. The van der Waals surface area contributed by atoms with E-state index in [0.29, 0.717) is 12.8 Å². The van der Waals surface area contributed by atoms with E-state index in [1.807, 2.05) is 0 Å². The normalized spacial score (nSPS) is 11.9. The molecule has 182 valence electrons. The van der Waals surface area contributed by atoms with Crippen molar-refractivity contribution in [2.75, 3.05) is 6.54 Å². The van der Waals surface area contributed by atoms with Gasteiger partial charge in [0.2, 0.25) is 5.91 Å². The summed E-state index contributed by atoms with van der Waals surface area (Å²) in [6.45, 7) is 4.46. The summed E-state index contributed by atoms with van der Waals surface area (Å²) >= 11 is 4.16. The van der Waals surface area contributed by atoms with Gasteiger partial charge < -0.3 is 16.2 Å². The van der Waals surface area contributed by atoms with Crippen LogP contribution in [0.25, 0.3) is 0 Å². The molecule has 0 aliphatic heterocycles. The van der Waals surface area contributed by atoms with Crippen LogP contribution in [-0.4, -0.2) is 29.6 Å². The van der Waals surface area contributed by atoms with Crippen LogP contribution in [0, 0.1) is 0 Å². The largest absolute Gasteiger partial charge is 0.481 e. The van der Waals surface area contributed by atoms with Crippen molar-refractivity contribution in [3.05, 3.63) is 11.5 Å². The molecule has 0 radical (unpaired) electrons. The number of carbonyl (C=O) groups excluding carboxylic acids is 1. The molecule has 0 spiro atoms. The highest BCUT2D eigenvalue weighted by atomic mass is 32.1. The Morgan fingerprint density at radius 2 is 1.16 bits per heavy atom. The third-order valence-corrected chi connectivity index (χ3v) is 6.07. The number of carboxylic acids is 1. The van der Waals surface area contributed by atoms with Gasteiger partial charge in [-0.05, 0) is 37.0 Å². The van der Waals surface area contributed by atoms with Crippen LogP contribution in [0.5, 0.6) is 0 Å². The average molecular weight is 457 g/mol. The predicted octanol–water partition coefficient (Wildman–Crippen LogP) is 6.37. The maximum Gasteiger partial charge on any atom is 0.303 e. The molecule has 6 heteroatoms. The van der Waals surface area contributed by atoms with Gasteiger partial charge >= 0.3 is 5.97 Å². The summed E-state index contributed by atoms with van der Waals surface area (Å²) in [6.07, 6.45) is 20.6. The Bertz CT molecular complexity index is 472. The number of nitrogens with one attached hydrogen (secondary N) is 1. The van der Waals surface area contributed by atoms with Gasteiger partial charge in [0, 0.05) is 25.4 Å².